The highest BCUT2D eigenvalue weighted by Crippen LogP contribution is 2.36. The van der Waals surface area contributed by atoms with Crippen molar-refractivity contribution >= 4 is 0 Å². The first kappa shape index (κ1) is 10.0. The van der Waals surface area contributed by atoms with Gasteiger partial charge in [0.2, 0.25) is 0 Å². The second kappa shape index (κ2) is 4.83. The third kappa shape index (κ3) is 2.76. The van der Waals surface area contributed by atoms with Crippen molar-refractivity contribution in [3.63, 3.8) is 0 Å². The lowest BCUT2D eigenvalue weighted by molar-refractivity contribution is -0.0476. The number of rotatable bonds is 6. The van der Waals surface area contributed by atoms with Crippen molar-refractivity contribution in [2.24, 2.45) is 5.92 Å². The summed E-state index contributed by atoms with van der Waals surface area (Å²) in [6, 6.07) is 0. The Morgan fingerprint density at radius 2 is 2.08 bits per heavy atom. The van der Waals surface area contributed by atoms with Crippen molar-refractivity contribution in [3.8, 4) is 0 Å². The fourth-order valence-corrected chi connectivity index (χ4v) is 1.64. The van der Waals surface area contributed by atoms with E-state index in [2.05, 4.69) is 6.92 Å². The Labute approximate surface area is 74.9 Å². The monoisotopic (exact) mass is 172 g/mol. The van der Waals surface area contributed by atoms with Crippen LogP contribution in [0.2, 0.25) is 0 Å². The Hall–Kier alpha value is -0.0800. The van der Waals surface area contributed by atoms with Gasteiger partial charge in [-0.05, 0) is 32.1 Å². The van der Waals surface area contributed by atoms with Crippen LogP contribution in [0.1, 0.15) is 39.5 Å². The largest absolute Gasteiger partial charge is 0.390 e. The standard InChI is InChI=1S/C10H20O2/c1-3-5-9(11)10(12-4-2)8-6-7-8/h8-11H,3-7H2,1-2H3. The Bertz CT molecular complexity index is 121. The van der Waals surface area contributed by atoms with E-state index in [4.69, 9.17) is 4.74 Å². The summed E-state index contributed by atoms with van der Waals surface area (Å²) in [7, 11) is 0. The van der Waals surface area contributed by atoms with Gasteiger partial charge in [-0.1, -0.05) is 13.3 Å². The van der Waals surface area contributed by atoms with Crippen molar-refractivity contribution in [2.75, 3.05) is 6.61 Å². The molecule has 1 aliphatic carbocycles. The van der Waals surface area contributed by atoms with Gasteiger partial charge in [-0.25, -0.2) is 0 Å². The Kier molecular flexibility index (Phi) is 4.02. The van der Waals surface area contributed by atoms with Gasteiger partial charge in [-0.2, -0.15) is 0 Å². The van der Waals surface area contributed by atoms with Crippen LogP contribution in [0.3, 0.4) is 0 Å². The zero-order chi connectivity index (χ0) is 8.97. The van der Waals surface area contributed by atoms with Gasteiger partial charge in [0.05, 0.1) is 12.2 Å². The van der Waals surface area contributed by atoms with Gasteiger partial charge in [0, 0.05) is 6.61 Å². The summed E-state index contributed by atoms with van der Waals surface area (Å²) in [5, 5.41) is 9.73. The third-order valence-electron chi connectivity index (χ3n) is 2.41. The van der Waals surface area contributed by atoms with Gasteiger partial charge < -0.3 is 9.84 Å². The van der Waals surface area contributed by atoms with Gasteiger partial charge in [0.15, 0.2) is 0 Å². The van der Waals surface area contributed by atoms with Crippen molar-refractivity contribution in [3.05, 3.63) is 0 Å². The molecule has 0 aromatic rings. The fourth-order valence-electron chi connectivity index (χ4n) is 1.64. The highest BCUT2D eigenvalue weighted by atomic mass is 16.5. The van der Waals surface area contributed by atoms with Crippen LogP contribution in [0.25, 0.3) is 0 Å². The normalized spacial score (nSPS) is 22.2. The van der Waals surface area contributed by atoms with E-state index in [-0.39, 0.29) is 12.2 Å². The van der Waals surface area contributed by atoms with E-state index in [1.165, 1.54) is 12.8 Å². The molecule has 0 radical (unpaired) electrons. The topological polar surface area (TPSA) is 29.5 Å². The van der Waals surface area contributed by atoms with Crippen molar-refractivity contribution < 1.29 is 9.84 Å². The molecule has 0 aromatic heterocycles. The molecule has 2 heteroatoms. The predicted molar refractivity (Wildman–Crippen MR) is 49.1 cm³/mol. The maximum absolute atomic E-state index is 9.73. The van der Waals surface area contributed by atoms with E-state index in [1.807, 2.05) is 6.92 Å². The first-order valence-corrected chi connectivity index (χ1v) is 5.09. The maximum Gasteiger partial charge on any atom is 0.0861 e. The quantitative estimate of drug-likeness (QED) is 0.663. The van der Waals surface area contributed by atoms with Gasteiger partial charge >= 0.3 is 0 Å². The minimum atomic E-state index is -0.234. The van der Waals surface area contributed by atoms with E-state index >= 15 is 0 Å². The molecule has 12 heavy (non-hydrogen) atoms. The minimum absolute atomic E-state index is 0.120. The SMILES string of the molecule is CCCC(O)C(OCC)C1CC1. The van der Waals surface area contributed by atoms with Crippen LogP contribution < -0.4 is 0 Å². The highest BCUT2D eigenvalue weighted by Gasteiger charge is 2.35. The number of aliphatic hydroxyl groups is 1. The highest BCUT2D eigenvalue weighted by molar-refractivity contribution is 4.86. The van der Waals surface area contributed by atoms with Gasteiger partial charge in [-0.15, -0.1) is 0 Å². The van der Waals surface area contributed by atoms with E-state index in [9.17, 15) is 5.11 Å². The molecule has 0 aromatic carbocycles. The van der Waals surface area contributed by atoms with Crippen LogP contribution in [0, 0.1) is 5.92 Å². The van der Waals surface area contributed by atoms with Gasteiger partial charge in [-0.3, -0.25) is 0 Å². The molecular formula is C10H20O2. The molecule has 2 unspecified atom stereocenters. The zero-order valence-corrected chi connectivity index (χ0v) is 8.12. The first-order chi connectivity index (χ1) is 5.79. The van der Waals surface area contributed by atoms with Crippen molar-refractivity contribution in [2.45, 2.75) is 51.7 Å². The maximum atomic E-state index is 9.73. The average molecular weight is 172 g/mol. The molecule has 0 aliphatic heterocycles. The van der Waals surface area contributed by atoms with Crippen LogP contribution in [0.15, 0.2) is 0 Å². The minimum Gasteiger partial charge on any atom is -0.390 e. The lowest BCUT2D eigenvalue weighted by Gasteiger charge is -2.22. The average Bonchev–Trinajstić information content (AvgIpc) is 2.83. The summed E-state index contributed by atoms with van der Waals surface area (Å²) >= 11 is 0. The molecule has 2 nitrogen and oxygen atoms in total. The zero-order valence-electron chi connectivity index (χ0n) is 8.12. The van der Waals surface area contributed by atoms with Gasteiger partial charge in [0.25, 0.3) is 0 Å². The molecule has 2 atom stereocenters. The van der Waals surface area contributed by atoms with Crippen LogP contribution in [0.5, 0.6) is 0 Å². The fraction of sp³-hybridized carbons (Fsp3) is 1.00. The summed E-state index contributed by atoms with van der Waals surface area (Å²) in [5.74, 6) is 0.645. The van der Waals surface area contributed by atoms with E-state index in [0.717, 1.165) is 19.4 Å². The Morgan fingerprint density at radius 3 is 2.50 bits per heavy atom. The first-order valence-electron chi connectivity index (χ1n) is 5.09. The second-order valence-corrected chi connectivity index (χ2v) is 3.61. The molecule has 1 saturated carbocycles. The molecular weight excluding hydrogens is 152 g/mol. The lowest BCUT2D eigenvalue weighted by atomic mass is 10.1. The molecule has 0 bridgehead atoms. The summed E-state index contributed by atoms with van der Waals surface area (Å²) in [4.78, 5) is 0. The molecule has 1 fully saturated rings. The summed E-state index contributed by atoms with van der Waals surface area (Å²) in [6.45, 7) is 4.81. The molecule has 0 amide bonds. The summed E-state index contributed by atoms with van der Waals surface area (Å²) in [5.41, 5.74) is 0. The molecule has 0 heterocycles. The third-order valence-corrected chi connectivity index (χ3v) is 2.41. The summed E-state index contributed by atoms with van der Waals surface area (Å²) < 4.78 is 5.53. The number of hydrogen-bond donors (Lipinski definition) is 1. The van der Waals surface area contributed by atoms with E-state index in [1.54, 1.807) is 0 Å². The van der Waals surface area contributed by atoms with Crippen molar-refractivity contribution in [1.82, 2.24) is 0 Å². The van der Waals surface area contributed by atoms with Gasteiger partial charge in [0.1, 0.15) is 0 Å². The Balaban J connectivity index is 2.29. The molecule has 1 rings (SSSR count). The molecule has 0 spiro atoms. The Morgan fingerprint density at radius 1 is 1.42 bits per heavy atom. The molecule has 1 N–H and O–H groups in total. The smallest absolute Gasteiger partial charge is 0.0861 e. The van der Waals surface area contributed by atoms with Crippen LogP contribution >= 0.6 is 0 Å². The van der Waals surface area contributed by atoms with E-state index in [0.29, 0.717) is 5.92 Å². The predicted octanol–water partition coefficient (Wildman–Crippen LogP) is 1.96. The molecule has 0 saturated heterocycles. The number of ether oxygens (including phenoxy) is 1. The number of aliphatic hydroxyl groups excluding tert-OH is 1. The summed E-state index contributed by atoms with van der Waals surface area (Å²) in [6.07, 6.45) is 4.28. The number of hydrogen-bond acceptors (Lipinski definition) is 2. The molecule has 72 valence electrons. The van der Waals surface area contributed by atoms with Crippen LogP contribution in [-0.2, 0) is 4.74 Å². The van der Waals surface area contributed by atoms with E-state index < -0.39 is 0 Å². The van der Waals surface area contributed by atoms with Crippen LogP contribution in [0.4, 0.5) is 0 Å². The molecule has 1 aliphatic rings. The van der Waals surface area contributed by atoms with Crippen molar-refractivity contribution in [1.29, 1.82) is 0 Å². The second-order valence-electron chi connectivity index (χ2n) is 3.61. The van der Waals surface area contributed by atoms with Crippen LogP contribution in [-0.4, -0.2) is 23.9 Å². The lowest BCUT2D eigenvalue weighted by Crippen LogP contribution is -2.30.